The van der Waals surface area contributed by atoms with Gasteiger partial charge in [-0.1, -0.05) is 0 Å². The molecule has 0 spiro atoms. The summed E-state index contributed by atoms with van der Waals surface area (Å²) in [4.78, 5) is 13.7. The molecule has 0 aliphatic heterocycles. The molecule has 0 radical (unpaired) electrons. The van der Waals surface area contributed by atoms with Crippen LogP contribution < -0.4 is 5.32 Å². The zero-order valence-electron chi connectivity index (χ0n) is 11.3. The molecule has 1 N–H and O–H groups in total. The lowest BCUT2D eigenvalue weighted by Crippen LogP contribution is -2.04. The van der Waals surface area contributed by atoms with E-state index in [0.29, 0.717) is 5.92 Å². The van der Waals surface area contributed by atoms with Crippen molar-refractivity contribution >= 4 is 17.6 Å². The Hall–Kier alpha value is -1.56. The monoisotopic (exact) mass is 275 g/mol. The van der Waals surface area contributed by atoms with Crippen molar-refractivity contribution in [3.05, 3.63) is 23.8 Å². The molecule has 1 fully saturated rings. The van der Waals surface area contributed by atoms with Gasteiger partial charge in [0.25, 0.3) is 0 Å². The van der Waals surface area contributed by atoms with Crippen molar-refractivity contribution < 1.29 is 0 Å². The Morgan fingerprint density at radius 3 is 2.74 bits per heavy atom. The van der Waals surface area contributed by atoms with Gasteiger partial charge in [0, 0.05) is 38.0 Å². The van der Waals surface area contributed by atoms with Crippen LogP contribution in [0.4, 0.5) is 5.82 Å². The molecule has 0 aromatic carbocycles. The molecule has 6 heteroatoms. The highest BCUT2D eigenvalue weighted by atomic mass is 32.2. The van der Waals surface area contributed by atoms with Gasteiger partial charge in [-0.3, -0.25) is 0 Å². The molecular weight excluding hydrogens is 258 g/mol. The molecular formula is C13H17N5S. The first-order valence-corrected chi connectivity index (χ1v) is 7.22. The van der Waals surface area contributed by atoms with Crippen LogP contribution in [0.15, 0.2) is 22.6 Å². The van der Waals surface area contributed by atoms with Crippen molar-refractivity contribution in [2.45, 2.75) is 35.9 Å². The van der Waals surface area contributed by atoms with Crippen LogP contribution in [-0.4, -0.2) is 26.6 Å². The minimum atomic E-state index is 0.549. The molecule has 19 heavy (non-hydrogen) atoms. The minimum Gasteiger partial charge on any atom is -0.373 e. The minimum absolute atomic E-state index is 0.549. The largest absolute Gasteiger partial charge is 0.373 e. The zero-order valence-corrected chi connectivity index (χ0v) is 12.2. The van der Waals surface area contributed by atoms with Crippen molar-refractivity contribution in [2.75, 3.05) is 12.4 Å². The van der Waals surface area contributed by atoms with E-state index in [0.717, 1.165) is 27.4 Å². The quantitative estimate of drug-likeness (QED) is 0.869. The van der Waals surface area contributed by atoms with Crippen LogP contribution in [0.3, 0.4) is 0 Å². The van der Waals surface area contributed by atoms with Crippen molar-refractivity contribution in [3.63, 3.8) is 0 Å². The smallest absolute Gasteiger partial charge is 0.174 e. The molecule has 1 aliphatic rings. The number of rotatable bonds is 4. The summed E-state index contributed by atoms with van der Waals surface area (Å²) in [5, 5.41) is 5.11. The summed E-state index contributed by atoms with van der Waals surface area (Å²) < 4.78 is 2.00. The number of hydrogen-bond acceptors (Lipinski definition) is 5. The number of anilines is 1. The molecule has 100 valence electrons. The second kappa shape index (κ2) is 4.85. The van der Waals surface area contributed by atoms with E-state index in [9.17, 15) is 0 Å². The number of imidazole rings is 1. The Kier molecular flexibility index (Phi) is 3.18. The Morgan fingerprint density at radius 2 is 2.16 bits per heavy atom. The SMILES string of the molecule is CNc1nc(C2CC2)nc(Sc2nccn2C)c1C. The summed E-state index contributed by atoms with van der Waals surface area (Å²) in [6, 6.07) is 0. The molecule has 1 aliphatic carbocycles. The summed E-state index contributed by atoms with van der Waals surface area (Å²) in [6.45, 7) is 2.05. The number of aryl methyl sites for hydroxylation is 1. The average molecular weight is 275 g/mol. The third kappa shape index (κ3) is 2.45. The van der Waals surface area contributed by atoms with Gasteiger partial charge < -0.3 is 9.88 Å². The van der Waals surface area contributed by atoms with Gasteiger partial charge in [-0.05, 0) is 31.5 Å². The fourth-order valence-corrected chi connectivity index (χ4v) is 2.80. The Bertz CT molecular complexity index is 603. The predicted molar refractivity (Wildman–Crippen MR) is 75.6 cm³/mol. The van der Waals surface area contributed by atoms with Gasteiger partial charge in [0.2, 0.25) is 0 Å². The van der Waals surface area contributed by atoms with Crippen LogP contribution in [0.25, 0.3) is 0 Å². The third-order valence-corrected chi connectivity index (χ3v) is 4.43. The topological polar surface area (TPSA) is 55.6 Å². The van der Waals surface area contributed by atoms with E-state index in [1.165, 1.54) is 12.8 Å². The lowest BCUT2D eigenvalue weighted by molar-refractivity contribution is 0.785. The van der Waals surface area contributed by atoms with Crippen LogP contribution in [0.1, 0.15) is 30.1 Å². The van der Waals surface area contributed by atoms with Crippen molar-refractivity contribution in [1.82, 2.24) is 19.5 Å². The molecule has 1 saturated carbocycles. The molecule has 0 atom stereocenters. The molecule has 0 bridgehead atoms. The van der Waals surface area contributed by atoms with Gasteiger partial charge in [-0.2, -0.15) is 0 Å². The summed E-state index contributed by atoms with van der Waals surface area (Å²) in [7, 11) is 3.90. The third-order valence-electron chi connectivity index (χ3n) is 3.26. The summed E-state index contributed by atoms with van der Waals surface area (Å²) >= 11 is 1.60. The highest BCUT2D eigenvalue weighted by molar-refractivity contribution is 7.99. The van der Waals surface area contributed by atoms with Crippen molar-refractivity contribution in [2.24, 2.45) is 7.05 Å². The standard InChI is InChI=1S/C13H17N5S/c1-8-10(14-2)16-11(9-4-5-9)17-12(8)19-13-15-6-7-18(13)3/h6-7,9H,4-5H2,1-3H3,(H,14,16,17). The molecule has 2 heterocycles. The van der Waals surface area contributed by atoms with Gasteiger partial charge >= 0.3 is 0 Å². The average Bonchev–Trinajstić information content (AvgIpc) is 3.17. The first kappa shape index (κ1) is 12.5. The normalized spacial score (nSPS) is 14.7. The predicted octanol–water partition coefficient (Wildman–Crippen LogP) is 2.59. The summed E-state index contributed by atoms with van der Waals surface area (Å²) in [6.07, 6.45) is 6.16. The van der Waals surface area contributed by atoms with Gasteiger partial charge in [-0.25, -0.2) is 15.0 Å². The number of nitrogens with zero attached hydrogens (tertiary/aromatic N) is 4. The van der Waals surface area contributed by atoms with E-state index in [4.69, 9.17) is 4.98 Å². The van der Waals surface area contributed by atoms with Gasteiger partial charge in [-0.15, -0.1) is 0 Å². The fraction of sp³-hybridized carbons (Fsp3) is 0.462. The fourth-order valence-electron chi connectivity index (χ4n) is 1.92. The molecule has 0 saturated heterocycles. The maximum absolute atomic E-state index is 4.72. The Morgan fingerprint density at radius 1 is 1.37 bits per heavy atom. The first-order valence-electron chi connectivity index (χ1n) is 6.40. The highest BCUT2D eigenvalue weighted by Crippen LogP contribution is 2.40. The molecule has 5 nitrogen and oxygen atoms in total. The number of hydrogen-bond donors (Lipinski definition) is 1. The van der Waals surface area contributed by atoms with Crippen LogP contribution in [-0.2, 0) is 7.05 Å². The molecule has 3 rings (SSSR count). The second-order valence-electron chi connectivity index (χ2n) is 4.81. The maximum atomic E-state index is 4.72. The summed E-state index contributed by atoms with van der Waals surface area (Å²) in [5.74, 6) is 2.44. The Balaban J connectivity index is 1.99. The number of aromatic nitrogens is 4. The highest BCUT2D eigenvalue weighted by Gasteiger charge is 2.28. The lowest BCUT2D eigenvalue weighted by Gasteiger charge is -2.11. The van der Waals surface area contributed by atoms with Crippen molar-refractivity contribution in [3.8, 4) is 0 Å². The molecule has 2 aromatic heterocycles. The Labute approximate surface area is 116 Å². The van der Waals surface area contributed by atoms with E-state index in [-0.39, 0.29) is 0 Å². The van der Waals surface area contributed by atoms with Gasteiger partial charge in [0.1, 0.15) is 16.7 Å². The number of nitrogens with one attached hydrogen (secondary N) is 1. The van der Waals surface area contributed by atoms with Gasteiger partial charge in [0.15, 0.2) is 5.16 Å². The van der Waals surface area contributed by atoms with E-state index >= 15 is 0 Å². The summed E-state index contributed by atoms with van der Waals surface area (Å²) in [5.41, 5.74) is 1.08. The van der Waals surface area contributed by atoms with Crippen LogP contribution in [0.5, 0.6) is 0 Å². The zero-order chi connectivity index (χ0) is 13.4. The molecule has 0 unspecified atom stereocenters. The van der Waals surface area contributed by atoms with Crippen LogP contribution in [0, 0.1) is 6.92 Å². The first-order chi connectivity index (χ1) is 9.19. The second-order valence-corrected chi connectivity index (χ2v) is 5.76. The van der Waals surface area contributed by atoms with E-state index in [1.807, 2.05) is 31.8 Å². The lowest BCUT2D eigenvalue weighted by atomic mass is 10.3. The molecule has 0 amide bonds. The van der Waals surface area contributed by atoms with Crippen molar-refractivity contribution in [1.29, 1.82) is 0 Å². The van der Waals surface area contributed by atoms with Crippen LogP contribution in [0.2, 0.25) is 0 Å². The maximum Gasteiger partial charge on any atom is 0.174 e. The van der Waals surface area contributed by atoms with E-state index in [2.05, 4.69) is 15.3 Å². The molecule has 2 aromatic rings. The van der Waals surface area contributed by atoms with Crippen LogP contribution >= 0.6 is 11.8 Å². The van der Waals surface area contributed by atoms with E-state index in [1.54, 1.807) is 18.0 Å². The van der Waals surface area contributed by atoms with E-state index < -0.39 is 0 Å². The van der Waals surface area contributed by atoms with Gasteiger partial charge in [0.05, 0.1) is 0 Å².